The van der Waals surface area contributed by atoms with E-state index in [1.54, 1.807) is 48.7 Å². The van der Waals surface area contributed by atoms with E-state index in [1.807, 2.05) is 48.5 Å². The van der Waals surface area contributed by atoms with E-state index in [0.717, 1.165) is 22.1 Å². The normalized spacial score (nSPS) is 10.7. The maximum atomic E-state index is 11.6. The van der Waals surface area contributed by atoms with E-state index in [-0.39, 0.29) is 5.75 Å². The molecule has 0 unspecified atom stereocenters. The minimum absolute atomic E-state index is 0.0976. The first-order valence-corrected chi connectivity index (χ1v) is 10.9. The van der Waals surface area contributed by atoms with E-state index in [1.165, 1.54) is 0 Å². The second kappa shape index (κ2) is 9.93. The molecule has 35 heavy (non-hydrogen) atoms. The van der Waals surface area contributed by atoms with Crippen LogP contribution in [0.4, 0.5) is 0 Å². The Labute approximate surface area is 204 Å². The van der Waals surface area contributed by atoms with Crippen LogP contribution >= 0.6 is 0 Å². The first-order chi connectivity index (χ1) is 17.0. The zero-order valence-electron chi connectivity index (χ0n) is 20.6. The van der Waals surface area contributed by atoms with Crippen LogP contribution in [0.3, 0.4) is 0 Å². The van der Waals surface area contributed by atoms with Crippen molar-refractivity contribution in [3.8, 4) is 62.5 Å². The van der Waals surface area contributed by atoms with Gasteiger partial charge in [0.1, 0.15) is 5.75 Å². The van der Waals surface area contributed by atoms with Crippen LogP contribution in [-0.2, 0) is 0 Å². The summed E-state index contributed by atoms with van der Waals surface area (Å²) in [5.41, 5.74) is 2.99. The van der Waals surface area contributed by atoms with E-state index in [4.69, 9.17) is 28.4 Å². The average molecular weight is 477 g/mol. The summed E-state index contributed by atoms with van der Waals surface area (Å²) in [7, 11) is 9.48. The Morgan fingerprint density at radius 3 is 1.49 bits per heavy atom. The fourth-order valence-electron chi connectivity index (χ4n) is 4.22. The summed E-state index contributed by atoms with van der Waals surface area (Å²) in [4.78, 5) is 0. The zero-order chi connectivity index (χ0) is 25.1. The highest BCUT2D eigenvalue weighted by Gasteiger charge is 2.21. The lowest BCUT2D eigenvalue weighted by Gasteiger charge is -2.19. The first-order valence-electron chi connectivity index (χ1n) is 10.9. The standard InChI is InChI=1S/C28H28O7/c1-30-21-9-7-16(12-23(21)32-3)19-11-18-14-25(34-5)26(35-6)15-20(18)28(29)27(19)17-8-10-22(31-2)24(13-17)33-4/h7-15,29H,1-6H3. The van der Waals surface area contributed by atoms with Crippen LogP contribution in [0, 0.1) is 0 Å². The van der Waals surface area contributed by atoms with Gasteiger partial charge in [0.2, 0.25) is 0 Å². The lowest BCUT2D eigenvalue weighted by molar-refractivity contribution is 0.355. The van der Waals surface area contributed by atoms with Gasteiger partial charge in [0.05, 0.1) is 42.7 Å². The third-order valence-electron chi connectivity index (χ3n) is 5.98. The number of phenolic OH excluding ortho intramolecular Hbond substituents is 1. The second-order valence-electron chi connectivity index (χ2n) is 7.72. The molecule has 7 heteroatoms. The molecule has 4 aromatic rings. The Kier molecular flexibility index (Phi) is 6.78. The molecule has 0 aromatic heterocycles. The SMILES string of the molecule is COc1ccc(-c2cc3cc(OC)c(OC)cc3c(O)c2-c2ccc(OC)c(OC)c2)cc1OC. The van der Waals surface area contributed by atoms with Gasteiger partial charge < -0.3 is 33.5 Å². The fraction of sp³-hybridized carbons (Fsp3) is 0.214. The molecule has 0 heterocycles. The van der Waals surface area contributed by atoms with Crippen molar-refractivity contribution in [2.24, 2.45) is 0 Å². The highest BCUT2D eigenvalue weighted by atomic mass is 16.5. The number of fused-ring (bicyclic) bond motifs is 1. The number of methoxy groups -OCH3 is 6. The van der Waals surface area contributed by atoms with Crippen molar-refractivity contribution in [3.63, 3.8) is 0 Å². The van der Waals surface area contributed by atoms with Crippen LogP contribution in [-0.4, -0.2) is 47.8 Å². The maximum absolute atomic E-state index is 11.6. The van der Waals surface area contributed by atoms with Gasteiger partial charge in [-0.2, -0.15) is 0 Å². The minimum Gasteiger partial charge on any atom is -0.507 e. The predicted molar refractivity (Wildman–Crippen MR) is 136 cm³/mol. The summed E-state index contributed by atoms with van der Waals surface area (Å²) in [6.45, 7) is 0. The van der Waals surface area contributed by atoms with E-state index >= 15 is 0 Å². The highest BCUT2D eigenvalue weighted by molar-refractivity contribution is 6.04. The summed E-state index contributed by atoms with van der Waals surface area (Å²) in [5, 5.41) is 13.0. The monoisotopic (exact) mass is 476 g/mol. The molecule has 0 amide bonds. The molecular formula is C28H28O7. The van der Waals surface area contributed by atoms with Gasteiger partial charge in [-0.05, 0) is 64.5 Å². The number of benzene rings is 4. The molecule has 0 fully saturated rings. The molecular weight excluding hydrogens is 448 g/mol. The van der Waals surface area contributed by atoms with Gasteiger partial charge in [0.25, 0.3) is 0 Å². The van der Waals surface area contributed by atoms with E-state index < -0.39 is 0 Å². The molecule has 182 valence electrons. The number of aromatic hydroxyl groups is 1. The molecule has 4 aromatic carbocycles. The summed E-state index contributed by atoms with van der Waals surface area (Å²) in [5.74, 6) is 3.52. The molecule has 7 nitrogen and oxygen atoms in total. The van der Waals surface area contributed by atoms with Crippen molar-refractivity contribution in [3.05, 3.63) is 54.6 Å². The van der Waals surface area contributed by atoms with Crippen LogP contribution in [0.25, 0.3) is 33.0 Å². The number of phenols is 1. The van der Waals surface area contributed by atoms with Crippen LogP contribution in [0.2, 0.25) is 0 Å². The van der Waals surface area contributed by atoms with Gasteiger partial charge >= 0.3 is 0 Å². The zero-order valence-corrected chi connectivity index (χ0v) is 20.6. The van der Waals surface area contributed by atoms with Crippen LogP contribution in [0.1, 0.15) is 0 Å². The van der Waals surface area contributed by atoms with Crippen molar-refractivity contribution >= 4 is 10.8 Å². The molecule has 0 aliphatic rings. The van der Waals surface area contributed by atoms with Gasteiger partial charge in [-0.3, -0.25) is 0 Å². The number of hydrogen-bond donors (Lipinski definition) is 1. The van der Waals surface area contributed by atoms with E-state index in [9.17, 15) is 5.11 Å². The molecule has 0 aliphatic heterocycles. The summed E-state index contributed by atoms with van der Waals surface area (Å²) < 4.78 is 32.9. The van der Waals surface area contributed by atoms with Crippen LogP contribution in [0.15, 0.2) is 54.6 Å². The molecule has 0 saturated heterocycles. The van der Waals surface area contributed by atoms with Gasteiger partial charge in [-0.15, -0.1) is 0 Å². The maximum Gasteiger partial charge on any atom is 0.161 e. The quantitative estimate of drug-likeness (QED) is 0.338. The summed E-state index contributed by atoms with van der Waals surface area (Å²) in [6, 6.07) is 16.8. The molecule has 0 saturated carbocycles. The van der Waals surface area contributed by atoms with Crippen molar-refractivity contribution < 1.29 is 33.5 Å². The lowest BCUT2D eigenvalue weighted by Crippen LogP contribution is -1.95. The number of rotatable bonds is 8. The van der Waals surface area contributed by atoms with Gasteiger partial charge in [0.15, 0.2) is 34.5 Å². The predicted octanol–water partition coefficient (Wildman–Crippen LogP) is 5.93. The van der Waals surface area contributed by atoms with Crippen molar-refractivity contribution in [1.82, 2.24) is 0 Å². The van der Waals surface area contributed by atoms with Gasteiger partial charge in [-0.1, -0.05) is 12.1 Å². The Morgan fingerprint density at radius 2 is 0.943 bits per heavy atom. The molecule has 1 N–H and O–H groups in total. The molecule has 0 atom stereocenters. The summed E-state index contributed by atoms with van der Waals surface area (Å²) >= 11 is 0. The highest BCUT2D eigenvalue weighted by Crippen LogP contribution is 2.48. The lowest BCUT2D eigenvalue weighted by atomic mass is 9.89. The molecule has 0 spiro atoms. The van der Waals surface area contributed by atoms with Crippen molar-refractivity contribution in [1.29, 1.82) is 0 Å². The van der Waals surface area contributed by atoms with E-state index in [0.29, 0.717) is 45.4 Å². The summed E-state index contributed by atoms with van der Waals surface area (Å²) in [6.07, 6.45) is 0. The number of ether oxygens (including phenoxy) is 6. The van der Waals surface area contributed by atoms with Crippen LogP contribution in [0.5, 0.6) is 40.2 Å². The Hall–Kier alpha value is -4.26. The van der Waals surface area contributed by atoms with Gasteiger partial charge in [0, 0.05) is 10.9 Å². The first kappa shape index (κ1) is 23.9. The molecule has 0 radical (unpaired) electrons. The van der Waals surface area contributed by atoms with Crippen molar-refractivity contribution in [2.45, 2.75) is 0 Å². The molecule has 0 bridgehead atoms. The topological polar surface area (TPSA) is 75.6 Å². The smallest absolute Gasteiger partial charge is 0.161 e. The Bertz CT molecular complexity index is 1380. The number of hydrogen-bond acceptors (Lipinski definition) is 7. The van der Waals surface area contributed by atoms with Gasteiger partial charge in [-0.25, -0.2) is 0 Å². The Morgan fingerprint density at radius 1 is 0.486 bits per heavy atom. The minimum atomic E-state index is 0.0976. The van der Waals surface area contributed by atoms with Crippen LogP contribution < -0.4 is 28.4 Å². The van der Waals surface area contributed by atoms with Crippen molar-refractivity contribution in [2.75, 3.05) is 42.7 Å². The third-order valence-corrected chi connectivity index (χ3v) is 5.98. The Balaban J connectivity index is 2.09. The average Bonchev–Trinajstić information content (AvgIpc) is 2.91. The molecule has 0 aliphatic carbocycles. The fourth-order valence-corrected chi connectivity index (χ4v) is 4.22. The third kappa shape index (κ3) is 4.21. The van der Waals surface area contributed by atoms with E-state index in [2.05, 4.69) is 0 Å². The second-order valence-corrected chi connectivity index (χ2v) is 7.72. The largest absolute Gasteiger partial charge is 0.507 e. The molecule has 4 rings (SSSR count).